The maximum atomic E-state index is 2.52. The molecule has 0 fully saturated rings. The zero-order valence-electron chi connectivity index (χ0n) is 28.1. The third-order valence-corrected chi connectivity index (χ3v) is 14.7. The zero-order valence-corrected chi connectivity index (χ0v) is 30.6. The summed E-state index contributed by atoms with van der Waals surface area (Å²) in [6.45, 7) is 0. The molecule has 0 aliphatic carbocycles. The lowest BCUT2D eigenvalue weighted by Gasteiger charge is -2.11. The van der Waals surface area contributed by atoms with Gasteiger partial charge in [-0.05, 0) is 72.8 Å². The number of aromatic nitrogens is 2. The van der Waals surface area contributed by atoms with Crippen LogP contribution in [0, 0.1) is 0 Å². The highest BCUT2D eigenvalue weighted by molar-refractivity contribution is 7.26. The highest BCUT2D eigenvalue weighted by Crippen LogP contribution is 2.46. The number of hydrogen-bond donors (Lipinski definition) is 0. The van der Waals surface area contributed by atoms with Crippen molar-refractivity contribution in [1.29, 1.82) is 0 Å². The lowest BCUT2D eigenvalue weighted by molar-refractivity contribution is 1.19. The summed E-state index contributed by atoms with van der Waals surface area (Å²) in [6.07, 6.45) is 0. The summed E-state index contributed by atoms with van der Waals surface area (Å²) >= 11 is 5.66. The van der Waals surface area contributed by atoms with Crippen molar-refractivity contribution < 1.29 is 0 Å². The number of rotatable bonds is 2. The number of para-hydroxylation sites is 2. The van der Waals surface area contributed by atoms with Crippen molar-refractivity contribution in [2.45, 2.75) is 0 Å². The lowest BCUT2D eigenvalue weighted by Crippen LogP contribution is -1.94. The highest BCUT2D eigenvalue weighted by Gasteiger charge is 2.21. The predicted octanol–water partition coefficient (Wildman–Crippen LogP) is 15.0. The molecule has 13 aromatic rings. The van der Waals surface area contributed by atoms with Gasteiger partial charge in [-0.3, -0.25) is 0 Å². The predicted molar refractivity (Wildman–Crippen MR) is 234 cm³/mol. The fourth-order valence-corrected chi connectivity index (χ4v) is 12.4. The Bertz CT molecular complexity index is 3450. The Morgan fingerprint density at radius 2 is 0.660 bits per heavy atom. The first kappa shape index (κ1) is 28.6. The molecule has 0 unspecified atom stereocenters. The van der Waals surface area contributed by atoms with Crippen LogP contribution < -0.4 is 0 Å². The van der Waals surface area contributed by atoms with Gasteiger partial charge in [-0.2, -0.15) is 0 Å². The molecule has 0 spiro atoms. The number of hydrogen-bond acceptors (Lipinski definition) is 3. The van der Waals surface area contributed by atoms with Gasteiger partial charge in [0.1, 0.15) is 0 Å². The van der Waals surface area contributed by atoms with E-state index in [0.29, 0.717) is 0 Å². The topological polar surface area (TPSA) is 9.86 Å². The molecule has 0 radical (unpaired) electrons. The first-order valence-corrected chi connectivity index (χ1v) is 20.4. The van der Waals surface area contributed by atoms with Crippen LogP contribution in [0.15, 0.2) is 158 Å². The molecule has 0 saturated carbocycles. The molecule has 5 heteroatoms. The maximum absolute atomic E-state index is 2.52. The Balaban J connectivity index is 1.11. The van der Waals surface area contributed by atoms with Crippen LogP contribution in [0.4, 0.5) is 0 Å². The minimum absolute atomic E-state index is 1.19. The Labute approximate surface area is 314 Å². The summed E-state index contributed by atoms with van der Waals surface area (Å²) in [7, 11) is 0. The number of benzene rings is 8. The standard InChI is InChI=1S/C48H26N2S3/c1-5-13-37-29(9-1)31-19-23-43-45(33-11-3-7-15-39(33)52-43)47(31)49(37)27-17-21-41-35(25-27)36-26-28(18-22-42(36)51-41)50-38-14-6-2-10-30(38)32-20-24-44-46(48(32)50)34-12-4-8-16-40(34)53-44/h1-26H. The molecule has 2 nitrogen and oxygen atoms in total. The molecule has 246 valence electrons. The summed E-state index contributed by atoms with van der Waals surface area (Å²) in [6, 6.07) is 59.0. The first-order chi connectivity index (χ1) is 26.3. The summed E-state index contributed by atoms with van der Waals surface area (Å²) < 4.78 is 13.0. The lowest BCUT2D eigenvalue weighted by atomic mass is 10.1. The molecular formula is C48H26N2S3. The van der Waals surface area contributed by atoms with E-state index in [0.717, 1.165) is 0 Å². The molecule has 5 aromatic heterocycles. The summed E-state index contributed by atoms with van der Waals surface area (Å²) in [4.78, 5) is 0. The van der Waals surface area contributed by atoms with Crippen molar-refractivity contribution in [3.63, 3.8) is 0 Å². The van der Waals surface area contributed by atoms with Gasteiger partial charge in [0.25, 0.3) is 0 Å². The first-order valence-electron chi connectivity index (χ1n) is 17.9. The van der Waals surface area contributed by atoms with Crippen molar-refractivity contribution in [3.05, 3.63) is 158 Å². The van der Waals surface area contributed by atoms with E-state index in [9.17, 15) is 0 Å². The zero-order chi connectivity index (χ0) is 34.4. The van der Waals surface area contributed by atoms with Crippen LogP contribution in [0.5, 0.6) is 0 Å². The van der Waals surface area contributed by atoms with Crippen molar-refractivity contribution in [1.82, 2.24) is 9.13 Å². The molecule has 0 aliphatic heterocycles. The second kappa shape index (κ2) is 10.3. The molecule has 0 bridgehead atoms. The monoisotopic (exact) mass is 726 g/mol. The van der Waals surface area contributed by atoms with E-state index in [4.69, 9.17) is 0 Å². The molecule has 5 heterocycles. The molecule has 53 heavy (non-hydrogen) atoms. The highest BCUT2D eigenvalue weighted by atomic mass is 32.1. The molecule has 0 atom stereocenters. The van der Waals surface area contributed by atoms with Crippen LogP contribution in [0.2, 0.25) is 0 Å². The van der Waals surface area contributed by atoms with E-state index in [1.807, 2.05) is 34.0 Å². The van der Waals surface area contributed by atoms with Gasteiger partial charge in [-0.15, -0.1) is 34.0 Å². The molecule has 0 aliphatic rings. The van der Waals surface area contributed by atoms with Crippen LogP contribution in [0.1, 0.15) is 0 Å². The molecule has 0 saturated heterocycles. The van der Waals surface area contributed by atoms with Gasteiger partial charge in [-0.1, -0.05) is 84.9 Å². The Morgan fingerprint density at radius 1 is 0.283 bits per heavy atom. The van der Waals surface area contributed by atoms with Gasteiger partial charge in [0.2, 0.25) is 0 Å². The summed E-state index contributed by atoms with van der Waals surface area (Å²) in [5.41, 5.74) is 7.44. The molecule has 8 aromatic carbocycles. The van der Waals surface area contributed by atoms with Crippen LogP contribution in [-0.4, -0.2) is 9.13 Å². The maximum Gasteiger partial charge on any atom is 0.0634 e. The summed E-state index contributed by atoms with van der Waals surface area (Å²) in [5, 5.41) is 13.1. The van der Waals surface area contributed by atoms with Gasteiger partial charge in [0.05, 0.1) is 22.1 Å². The minimum Gasteiger partial charge on any atom is -0.309 e. The van der Waals surface area contributed by atoms with Crippen LogP contribution >= 0.6 is 34.0 Å². The van der Waals surface area contributed by atoms with Crippen molar-refractivity contribution in [2.75, 3.05) is 0 Å². The van der Waals surface area contributed by atoms with Crippen LogP contribution in [0.3, 0.4) is 0 Å². The van der Waals surface area contributed by atoms with Gasteiger partial charge in [0, 0.05) is 93.4 Å². The van der Waals surface area contributed by atoms with E-state index in [-0.39, 0.29) is 0 Å². The van der Waals surface area contributed by atoms with Gasteiger partial charge in [0.15, 0.2) is 0 Å². The normalized spacial score (nSPS) is 12.5. The summed E-state index contributed by atoms with van der Waals surface area (Å²) in [5.74, 6) is 0. The average molecular weight is 727 g/mol. The smallest absolute Gasteiger partial charge is 0.0634 e. The third kappa shape index (κ3) is 3.76. The van der Waals surface area contributed by atoms with Gasteiger partial charge in [-0.25, -0.2) is 0 Å². The largest absolute Gasteiger partial charge is 0.309 e. The number of nitrogens with zero attached hydrogens (tertiary/aromatic N) is 2. The minimum atomic E-state index is 1.19. The second-order valence-corrected chi connectivity index (χ2v) is 17.3. The van der Waals surface area contributed by atoms with E-state index in [1.165, 1.54) is 116 Å². The Morgan fingerprint density at radius 3 is 1.15 bits per heavy atom. The molecular weight excluding hydrogens is 701 g/mol. The fraction of sp³-hybridized carbons (Fsp3) is 0. The quantitative estimate of drug-likeness (QED) is 0.168. The van der Waals surface area contributed by atoms with Gasteiger partial charge < -0.3 is 9.13 Å². The third-order valence-electron chi connectivity index (χ3n) is 11.3. The molecule has 0 amide bonds. The Kier molecular flexibility index (Phi) is 5.57. The molecule has 0 N–H and O–H groups in total. The average Bonchev–Trinajstić information content (AvgIpc) is 4.01. The fourth-order valence-electron chi connectivity index (χ4n) is 9.10. The molecule has 13 rings (SSSR count). The van der Waals surface area contributed by atoms with Crippen molar-refractivity contribution in [2.24, 2.45) is 0 Å². The van der Waals surface area contributed by atoms with Crippen LogP contribution in [0.25, 0.3) is 116 Å². The SMILES string of the molecule is c1ccc2c(c1)sc1ccc3c4ccccc4n(-c4ccc5sc6ccc(-n7c8ccccc8c8ccc9sc%10ccccc%10c9c87)cc6c5c4)c3c12. The van der Waals surface area contributed by atoms with E-state index < -0.39 is 0 Å². The second-order valence-electron chi connectivity index (χ2n) is 14.0. The van der Waals surface area contributed by atoms with Crippen LogP contribution in [-0.2, 0) is 0 Å². The van der Waals surface area contributed by atoms with Crippen molar-refractivity contribution >= 4 is 138 Å². The Hall–Kier alpha value is -5.98. The number of fused-ring (bicyclic) bond motifs is 17. The van der Waals surface area contributed by atoms with E-state index in [2.05, 4.69) is 167 Å². The van der Waals surface area contributed by atoms with Crippen molar-refractivity contribution in [3.8, 4) is 11.4 Å². The van der Waals surface area contributed by atoms with Gasteiger partial charge >= 0.3 is 0 Å². The van der Waals surface area contributed by atoms with E-state index >= 15 is 0 Å². The van der Waals surface area contributed by atoms with E-state index in [1.54, 1.807) is 0 Å². The number of thiophene rings is 3.